The van der Waals surface area contributed by atoms with E-state index in [1.165, 1.54) is 12.0 Å². The van der Waals surface area contributed by atoms with Crippen LogP contribution < -0.4 is 0 Å². The van der Waals surface area contributed by atoms with E-state index in [0.29, 0.717) is 24.2 Å². The fraction of sp³-hybridized carbons (Fsp3) is 0.897. The van der Waals surface area contributed by atoms with E-state index in [1.807, 2.05) is 6.92 Å². The highest BCUT2D eigenvalue weighted by Crippen LogP contribution is 2.87. The van der Waals surface area contributed by atoms with Gasteiger partial charge in [0.2, 0.25) is 0 Å². The van der Waals surface area contributed by atoms with Gasteiger partial charge < -0.3 is 20.4 Å². The van der Waals surface area contributed by atoms with Crippen molar-refractivity contribution in [2.24, 2.45) is 56.7 Å². The molecule has 5 nitrogen and oxygen atoms in total. The Morgan fingerprint density at radius 3 is 2.47 bits per heavy atom. The molecule has 4 N–H and O–H groups in total. The van der Waals surface area contributed by atoms with Crippen molar-refractivity contribution < 1.29 is 25.2 Å². The van der Waals surface area contributed by atoms with Crippen LogP contribution in [0, 0.1) is 56.7 Å². The van der Waals surface area contributed by atoms with Gasteiger partial charge in [-0.1, -0.05) is 39.3 Å². The number of aliphatic carboxylic acids is 1. The largest absolute Gasteiger partial charge is 0.481 e. The highest BCUT2D eigenvalue weighted by atomic mass is 16.4. The van der Waals surface area contributed by atoms with Crippen LogP contribution in [-0.4, -0.2) is 45.2 Å². The molecule has 2 spiro atoms. The Kier molecular flexibility index (Phi) is 4.76. The van der Waals surface area contributed by atoms with Gasteiger partial charge in [0.15, 0.2) is 0 Å². The van der Waals surface area contributed by atoms with Crippen LogP contribution in [0.1, 0.15) is 85.5 Å². The molecule has 5 fully saturated rings. The van der Waals surface area contributed by atoms with Crippen molar-refractivity contribution in [3.63, 3.8) is 0 Å². The zero-order valence-corrected chi connectivity index (χ0v) is 21.4. The number of hydrogen-bond donors (Lipinski definition) is 4. The molecule has 6 rings (SSSR count). The number of carboxylic acids is 1. The average Bonchev–Trinajstić information content (AvgIpc) is 3.46. The lowest BCUT2D eigenvalue weighted by atomic mass is 9.40. The summed E-state index contributed by atoms with van der Waals surface area (Å²) in [7, 11) is 0. The first-order chi connectivity index (χ1) is 15.9. The third kappa shape index (κ3) is 2.41. The molecule has 0 amide bonds. The van der Waals surface area contributed by atoms with Crippen LogP contribution in [0.5, 0.6) is 0 Å². The van der Waals surface area contributed by atoms with Crippen molar-refractivity contribution in [2.45, 2.75) is 97.7 Å². The maximum Gasteiger partial charge on any atom is 0.310 e. The normalized spacial score (nSPS) is 60.0. The second-order valence-corrected chi connectivity index (χ2v) is 14.2. The van der Waals surface area contributed by atoms with Crippen molar-refractivity contribution in [2.75, 3.05) is 6.61 Å². The Morgan fingerprint density at radius 2 is 1.79 bits per heavy atom. The van der Waals surface area contributed by atoms with Crippen LogP contribution in [-0.2, 0) is 4.79 Å². The Morgan fingerprint density at radius 1 is 1.06 bits per heavy atom. The van der Waals surface area contributed by atoms with E-state index in [2.05, 4.69) is 26.8 Å². The summed E-state index contributed by atoms with van der Waals surface area (Å²) in [5, 5.41) is 42.7. The third-order valence-corrected chi connectivity index (χ3v) is 13.4. The number of aliphatic hydroxyl groups is 3. The van der Waals surface area contributed by atoms with E-state index in [-0.39, 0.29) is 34.7 Å². The summed E-state index contributed by atoms with van der Waals surface area (Å²) < 4.78 is 0. The van der Waals surface area contributed by atoms with E-state index in [1.54, 1.807) is 0 Å². The molecule has 0 aromatic rings. The number of hydrogen-bond acceptors (Lipinski definition) is 4. The molecule has 0 heterocycles. The predicted molar refractivity (Wildman–Crippen MR) is 129 cm³/mol. The second kappa shape index (κ2) is 6.89. The molecule has 0 bridgehead atoms. The minimum absolute atomic E-state index is 0.101. The van der Waals surface area contributed by atoms with Crippen molar-refractivity contribution in [3.05, 3.63) is 11.6 Å². The molecule has 34 heavy (non-hydrogen) atoms. The monoisotopic (exact) mass is 472 g/mol. The first kappa shape index (κ1) is 23.5. The molecule has 12 atom stereocenters. The highest BCUT2D eigenvalue weighted by Gasteiger charge is 2.80. The Balaban J connectivity index is 1.43. The number of fused-ring (bicyclic) bond motifs is 4. The standard InChI is InChI=1S/C29H44O5/c1-16-7-9-27(24(33)34)11-12-28-14-29(28)10-8-20-25(3,13-19(31)23(32)26(20,4)15-30)21(29)6-5-18(28)22(27)17(16)2/h5,16-17,19-23,30-32H,6-15H2,1-4H3,(H,33,34). The van der Waals surface area contributed by atoms with Gasteiger partial charge in [0.25, 0.3) is 0 Å². The van der Waals surface area contributed by atoms with Crippen LogP contribution in [0.25, 0.3) is 0 Å². The van der Waals surface area contributed by atoms with Crippen molar-refractivity contribution in [1.82, 2.24) is 0 Å². The summed E-state index contributed by atoms with van der Waals surface area (Å²) in [5.41, 5.74) is 0.410. The molecule has 5 heteroatoms. The molecule has 190 valence electrons. The van der Waals surface area contributed by atoms with Gasteiger partial charge >= 0.3 is 5.97 Å². The van der Waals surface area contributed by atoms with Crippen LogP contribution in [0.3, 0.4) is 0 Å². The molecule has 0 aromatic heterocycles. The van der Waals surface area contributed by atoms with Crippen LogP contribution in [0.4, 0.5) is 0 Å². The minimum Gasteiger partial charge on any atom is -0.481 e. The summed E-state index contributed by atoms with van der Waals surface area (Å²) >= 11 is 0. The van der Waals surface area contributed by atoms with E-state index in [9.17, 15) is 25.2 Å². The lowest BCUT2D eigenvalue weighted by Gasteiger charge is -2.65. The van der Waals surface area contributed by atoms with Crippen LogP contribution in [0.2, 0.25) is 0 Å². The van der Waals surface area contributed by atoms with Gasteiger partial charge in [-0.25, -0.2) is 0 Å². The molecule has 6 aliphatic rings. The molecule has 0 aromatic carbocycles. The Hall–Kier alpha value is -0.910. The lowest BCUT2D eigenvalue weighted by molar-refractivity contribution is -0.222. The fourth-order valence-corrected chi connectivity index (χ4v) is 11.4. The molecule has 6 aliphatic carbocycles. The number of carboxylic acid groups (broad SMARTS) is 1. The van der Waals surface area contributed by atoms with E-state index < -0.39 is 29.0 Å². The van der Waals surface area contributed by atoms with Crippen molar-refractivity contribution in [3.8, 4) is 0 Å². The summed E-state index contributed by atoms with van der Waals surface area (Å²) in [4.78, 5) is 12.7. The zero-order valence-electron chi connectivity index (χ0n) is 21.4. The summed E-state index contributed by atoms with van der Waals surface area (Å²) in [6.07, 6.45) is 9.16. The maximum absolute atomic E-state index is 12.7. The topological polar surface area (TPSA) is 98.0 Å². The van der Waals surface area contributed by atoms with Crippen molar-refractivity contribution >= 4 is 5.97 Å². The Labute approximate surface area is 204 Å². The maximum atomic E-state index is 12.7. The number of rotatable bonds is 2. The van der Waals surface area contributed by atoms with E-state index in [4.69, 9.17) is 0 Å². The van der Waals surface area contributed by atoms with Gasteiger partial charge in [-0.2, -0.15) is 0 Å². The smallest absolute Gasteiger partial charge is 0.310 e. The third-order valence-electron chi connectivity index (χ3n) is 13.4. The first-order valence-corrected chi connectivity index (χ1v) is 13.8. The average molecular weight is 473 g/mol. The van der Waals surface area contributed by atoms with Gasteiger partial charge in [-0.05, 0) is 104 Å². The van der Waals surface area contributed by atoms with E-state index in [0.717, 1.165) is 44.9 Å². The molecule has 5 saturated carbocycles. The number of aliphatic hydroxyl groups excluding tert-OH is 3. The van der Waals surface area contributed by atoms with Gasteiger partial charge in [-0.3, -0.25) is 4.79 Å². The molecule has 0 radical (unpaired) electrons. The van der Waals surface area contributed by atoms with Gasteiger partial charge in [-0.15, -0.1) is 0 Å². The molecule has 0 saturated heterocycles. The molecule has 12 unspecified atom stereocenters. The first-order valence-electron chi connectivity index (χ1n) is 13.8. The lowest BCUT2D eigenvalue weighted by Crippen LogP contribution is -2.64. The Bertz CT molecular complexity index is 945. The summed E-state index contributed by atoms with van der Waals surface area (Å²) in [6.45, 7) is 8.81. The number of allylic oxidation sites excluding steroid dienone is 2. The van der Waals surface area contributed by atoms with Gasteiger partial charge in [0.05, 0.1) is 24.2 Å². The highest BCUT2D eigenvalue weighted by molar-refractivity contribution is 5.77. The summed E-state index contributed by atoms with van der Waals surface area (Å²) in [6, 6.07) is 0. The summed E-state index contributed by atoms with van der Waals surface area (Å²) in [5.74, 6) is 1.11. The van der Waals surface area contributed by atoms with Gasteiger partial charge in [0.1, 0.15) is 0 Å². The van der Waals surface area contributed by atoms with Crippen LogP contribution in [0.15, 0.2) is 11.6 Å². The quantitative estimate of drug-likeness (QED) is 0.447. The van der Waals surface area contributed by atoms with Crippen LogP contribution >= 0.6 is 0 Å². The second-order valence-electron chi connectivity index (χ2n) is 14.2. The molecule has 0 aliphatic heterocycles. The molecular weight excluding hydrogens is 428 g/mol. The predicted octanol–water partition coefficient (Wildman–Crippen LogP) is 4.40. The van der Waals surface area contributed by atoms with Gasteiger partial charge in [0, 0.05) is 5.41 Å². The van der Waals surface area contributed by atoms with Crippen molar-refractivity contribution in [1.29, 1.82) is 0 Å². The molecular formula is C29H44O5. The minimum atomic E-state index is -0.886. The number of carbonyl (C=O) groups is 1. The SMILES string of the molecule is CC1CCC2(C(=O)O)CCC34CC35CCC3C(C)(CO)C(O)C(O)CC3(C)C5CC=C4C2C1C. The van der Waals surface area contributed by atoms with E-state index >= 15 is 0 Å². The zero-order chi connectivity index (χ0) is 24.5. The fourth-order valence-electron chi connectivity index (χ4n) is 11.4.